The van der Waals surface area contributed by atoms with Gasteiger partial charge in [0.2, 0.25) is 0 Å². The summed E-state index contributed by atoms with van der Waals surface area (Å²) in [6.45, 7) is 0.637. The first-order valence-corrected chi connectivity index (χ1v) is 10.3. The van der Waals surface area contributed by atoms with E-state index in [1.54, 1.807) is 6.07 Å². The number of benzene rings is 2. The monoisotopic (exact) mass is 442 g/mol. The largest absolute Gasteiger partial charge is 0.483 e. The van der Waals surface area contributed by atoms with Crippen molar-refractivity contribution in [3.63, 3.8) is 0 Å². The van der Waals surface area contributed by atoms with E-state index in [4.69, 9.17) is 9.47 Å². The van der Waals surface area contributed by atoms with Gasteiger partial charge in [0.05, 0.1) is 0 Å². The van der Waals surface area contributed by atoms with Crippen LogP contribution in [-0.4, -0.2) is 16.8 Å². The highest BCUT2D eigenvalue weighted by Crippen LogP contribution is 2.26. The number of nitrogens with zero attached hydrogens (tertiary/aromatic N) is 2. The van der Waals surface area contributed by atoms with E-state index in [1.807, 2.05) is 60.7 Å². The minimum atomic E-state index is -0.696. The van der Waals surface area contributed by atoms with Crippen molar-refractivity contribution in [3.05, 3.63) is 119 Å². The van der Waals surface area contributed by atoms with E-state index in [9.17, 15) is 8.78 Å². The Bertz CT molecular complexity index is 1250. The second-order valence-electron chi connectivity index (χ2n) is 7.21. The summed E-state index contributed by atoms with van der Waals surface area (Å²) in [6.07, 6.45) is 10.7. The van der Waals surface area contributed by atoms with Crippen LogP contribution in [0.1, 0.15) is 23.2 Å². The summed E-state index contributed by atoms with van der Waals surface area (Å²) in [4.78, 5) is 0. The first-order valence-electron chi connectivity index (χ1n) is 10.3. The molecule has 0 amide bonds. The molecule has 0 aliphatic heterocycles. The number of rotatable bonds is 6. The minimum absolute atomic E-state index is 0.198. The molecule has 0 saturated carbocycles. The molecule has 1 heterocycles. The van der Waals surface area contributed by atoms with Gasteiger partial charge < -0.3 is 9.47 Å². The molecule has 3 aromatic rings. The maximum Gasteiger partial charge on any atom is 0.276 e. The van der Waals surface area contributed by atoms with Crippen LogP contribution < -0.4 is 9.47 Å². The van der Waals surface area contributed by atoms with Crippen LogP contribution in [0, 0.1) is 23.5 Å². The molecule has 164 valence electrons. The highest BCUT2D eigenvalue weighted by Gasteiger charge is 2.11. The van der Waals surface area contributed by atoms with Gasteiger partial charge in [-0.1, -0.05) is 66.6 Å². The van der Waals surface area contributed by atoms with Gasteiger partial charge in [0, 0.05) is 17.7 Å². The maximum atomic E-state index is 13.4. The van der Waals surface area contributed by atoms with Crippen LogP contribution >= 0.6 is 0 Å². The zero-order valence-corrected chi connectivity index (χ0v) is 17.7. The first-order chi connectivity index (χ1) is 16.2. The Morgan fingerprint density at radius 2 is 1.64 bits per heavy atom. The van der Waals surface area contributed by atoms with Crippen molar-refractivity contribution in [2.75, 3.05) is 6.61 Å². The van der Waals surface area contributed by atoms with Crippen molar-refractivity contribution in [1.29, 1.82) is 0 Å². The van der Waals surface area contributed by atoms with E-state index in [2.05, 4.69) is 22.0 Å². The summed E-state index contributed by atoms with van der Waals surface area (Å²) in [5, 5.41) is 8.20. The number of hydrogen-bond donors (Lipinski definition) is 0. The smallest absolute Gasteiger partial charge is 0.276 e. The standard InChI is InChI=1S/C27H20F2N2O2/c28-23-14-22(15-24(29)16-23)12-13-25-17-26(32-18-20-8-4-1-2-5-9-20)27(31-30-25)33-19-21-10-6-3-7-11-21/h1-8,10-11,14-17H,9,18-19H2. The highest BCUT2D eigenvalue weighted by molar-refractivity contribution is 5.44. The topological polar surface area (TPSA) is 44.2 Å². The van der Waals surface area contributed by atoms with Gasteiger partial charge in [0.15, 0.2) is 5.75 Å². The molecule has 4 nitrogen and oxygen atoms in total. The van der Waals surface area contributed by atoms with Gasteiger partial charge in [-0.3, -0.25) is 0 Å². The van der Waals surface area contributed by atoms with Gasteiger partial charge in [-0.2, -0.15) is 0 Å². The van der Waals surface area contributed by atoms with Gasteiger partial charge in [0.1, 0.15) is 30.5 Å². The van der Waals surface area contributed by atoms with Crippen LogP contribution in [0.25, 0.3) is 0 Å². The number of allylic oxidation sites excluding steroid dienone is 5. The van der Waals surface area contributed by atoms with Crippen molar-refractivity contribution in [2.45, 2.75) is 13.0 Å². The average Bonchev–Trinajstić information content (AvgIpc) is 3.10. The summed E-state index contributed by atoms with van der Waals surface area (Å²) in [7, 11) is 0. The molecule has 2 aromatic carbocycles. The third-order valence-corrected chi connectivity index (χ3v) is 4.63. The quantitative estimate of drug-likeness (QED) is 0.469. The lowest BCUT2D eigenvalue weighted by molar-refractivity contribution is 0.258. The molecule has 33 heavy (non-hydrogen) atoms. The van der Waals surface area contributed by atoms with E-state index in [-0.39, 0.29) is 17.1 Å². The van der Waals surface area contributed by atoms with E-state index in [0.717, 1.165) is 35.8 Å². The lowest BCUT2D eigenvalue weighted by Crippen LogP contribution is -2.06. The van der Waals surface area contributed by atoms with Crippen molar-refractivity contribution < 1.29 is 18.3 Å². The van der Waals surface area contributed by atoms with Gasteiger partial charge in [0.25, 0.3) is 5.88 Å². The second-order valence-corrected chi connectivity index (χ2v) is 7.21. The zero-order chi connectivity index (χ0) is 22.9. The Morgan fingerprint density at radius 1 is 0.818 bits per heavy atom. The third kappa shape index (κ3) is 6.62. The number of halogens is 2. The van der Waals surface area contributed by atoms with Crippen molar-refractivity contribution in [2.24, 2.45) is 0 Å². The Balaban J connectivity index is 1.56. The SMILES string of the molecule is Fc1cc(F)cc(C#Cc2cc(OCC3=CC=CC=CC3)c(OCc3ccccc3)nn2)c1. The Morgan fingerprint density at radius 3 is 2.45 bits per heavy atom. The molecule has 0 bridgehead atoms. The van der Waals surface area contributed by atoms with Crippen LogP contribution in [0.15, 0.2) is 90.6 Å². The molecule has 0 N–H and O–H groups in total. The Hall–Kier alpha value is -4.24. The normalized spacial score (nSPS) is 12.4. The number of ether oxygens (including phenoxy) is 2. The fourth-order valence-corrected chi connectivity index (χ4v) is 3.02. The molecule has 1 aliphatic carbocycles. The second kappa shape index (κ2) is 10.9. The Labute approximate surface area is 190 Å². The molecule has 1 aromatic heterocycles. The zero-order valence-electron chi connectivity index (χ0n) is 17.7. The van der Waals surface area contributed by atoms with Crippen LogP contribution in [0.3, 0.4) is 0 Å². The van der Waals surface area contributed by atoms with Crippen LogP contribution in [0.4, 0.5) is 8.78 Å². The van der Waals surface area contributed by atoms with Gasteiger partial charge in [-0.15, -0.1) is 10.2 Å². The number of hydrogen-bond acceptors (Lipinski definition) is 4. The summed E-state index contributed by atoms with van der Waals surface area (Å²) < 4.78 is 38.7. The highest BCUT2D eigenvalue weighted by atomic mass is 19.1. The molecule has 0 radical (unpaired) electrons. The molecule has 0 unspecified atom stereocenters. The lowest BCUT2D eigenvalue weighted by Gasteiger charge is -2.12. The van der Waals surface area contributed by atoms with Crippen LogP contribution in [0.2, 0.25) is 0 Å². The third-order valence-electron chi connectivity index (χ3n) is 4.63. The summed E-state index contributed by atoms with van der Waals surface area (Å²) in [5.41, 5.74) is 2.54. The molecule has 4 rings (SSSR count). The van der Waals surface area contributed by atoms with E-state index in [0.29, 0.717) is 19.0 Å². The van der Waals surface area contributed by atoms with Gasteiger partial charge in [-0.05, 0) is 35.6 Å². The maximum absolute atomic E-state index is 13.4. The molecule has 0 atom stereocenters. The van der Waals surface area contributed by atoms with Crippen molar-refractivity contribution in [3.8, 4) is 23.5 Å². The minimum Gasteiger partial charge on any atom is -0.483 e. The van der Waals surface area contributed by atoms with E-state index >= 15 is 0 Å². The summed E-state index contributed by atoms with van der Waals surface area (Å²) in [5.74, 6) is 4.71. The van der Waals surface area contributed by atoms with Gasteiger partial charge in [-0.25, -0.2) is 8.78 Å². The molecule has 1 aliphatic rings. The number of aromatic nitrogens is 2. The molecule has 6 heteroatoms. The molecule has 0 fully saturated rings. The van der Waals surface area contributed by atoms with Gasteiger partial charge >= 0.3 is 0 Å². The Kier molecular flexibility index (Phi) is 7.24. The predicted octanol–water partition coefficient (Wildman–Crippen LogP) is 5.55. The van der Waals surface area contributed by atoms with Crippen molar-refractivity contribution >= 4 is 0 Å². The fraction of sp³-hybridized carbons (Fsp3) is 0.111. The van der Waals surface area contributed by atoms with Crippen LogP contribution in [-0.2, 0) is 6.61 Å². The lowest BCUT2D eigenvalue weighted by atomic mass is 10.2. The predicted molar refractivity (Wildman–Crippen MR) is 122 cm³/mol. The first kappa shape index (κ1) is 22.0. The molecular weight excluding hydrogens is 422 g/mol. The van der Waals surface area contributed by atoms with E-state index in [1.165, 1.54) is 0 Å². The fourth-order valence-electron chi connectivity index (χ4n) is 3.02. The summed E-state index contributed by atoms with van der Waals surface area (Å²) >= 11 is 0. The van der Waals surface area contributed by atoms with Crippen molar-refractivity contribution in [1.82, 2.24) is 10.2 Å². The molecular formula is C27H20F2N2O2. The summed E-state index contributed by atoms with van der Waals surface area (Å²) in [6, 6.07) is 14.4. The molecule has 0 spiro atoms. The molecule has 0 saturated heterocycles. The van der Waals surface area contributed by atoms with E-state index < -0.39 is 11.6 Å². The average molecular weight is 442 g/mol. The van der Waals surface area contributed by atoms with Crippen LogP contribution in [0.5, 0.6) is 11.6 Å².